The summed E-state index contributed by atoms with van der Waals surface area (Å²) in [6, 6.07) is 0. The predicted molar refractivity (Wildman–Crippen MR) is 381 cm³/mol. The number of carbonyl (C=O) groups excluding carboxylic acids is 4. The molecule has 0 bridgehead atoms. The molecular formula is C75H146O17P2. The number of ether oxygens (including phenoxy) is 4. The van der Waals surface area contributed by atoms with Gasteiger partial charge < -0.3 is 33.8 Å². The molecule has 6 atom stereocenters. The molecule has 0 amide bonds. The first kappa shape index (κ1) is 92.1. The van der Waals surface area contributed by atoms with Gasteiger partial charge in [0.25, 0.3) is 0 Å². The Morgan fingerprint density at radius 2 is 0.511 bits per heavy atom. The molecule has 0 heterocycles. The van der Waals surface area contributed by atoms with E-state index in [1.165, 1.54) is 173 Å². The van der Waals surface area contributed by atoms with Gasteiger partial charge in [-0.3, -0.25) is 37.3 Å². The predicted octanol–water partition coefficient (Wildman–Crippen LogP) is 21.7. The second-order valence-corrected chi connectivity index (χ2v) is 31.6. The molecule has 0 aliphatic carbocycles. The van der Waals surface area contributed by atoms with Crippen molar-refractivity contribution in [1.82, 2.24) is 0 Å². The number of unbranched alkanes of at least 4 members (excludes halogenated alkanes) is 37. The molecule has 0 saturated carbocycles. The molecule has 0 aromatic carbocycles. The molecule has 558 valence electrons. The van der Waals surface area contributed by atoms with E-state index < -0.39 is 97.5 Å². The van der Waals surface area contributed by atoms with Crippen molar-refractivity contribution < 1.29 is 80.2 Å². The number of carbonyl (C=O) groups is 4. The fourth-order valence-electron chi connectivity index (χ4n) is 11.3. The number of phosphoric acid groups is 2. The van der Waals surface area contributed by atoms with Crippen LogP contribution in [0.25, 0.3) is 0 Å². The van der Waals surface area contributed by atoms with E-state index in [0.29, 0.717) is 31.6 Å². The molecule has 0 aliphatic heterocycles. The Morgan fingerprint density at radius 1 is 0.298 bits per heavy atom. The van der Waals surface area contributed by atoms with Crippen molar-refractivity contribution >= 4 is 39.5 Å². The minimum absolute atomic E-state index is 0.104. The number of aliphatic hydroxyl groups excluding tert-OH is 1. The molecule has 17 nitrogen and oxygen atoms in total. The van der Waals surface area contributed by atoms with Crippen molar-refractivity contribution in [2.24, 2.45) is 23.7 Å². The fourth-order valence-corrected chi connectivity index (χ4v) is 12.9. The molecule has 0 aliphatic rings. The highest BCUT2D eigenvalue weighted by Crippen LogP contribution is 2.45. The second-order valence-electron chi connectivity index (χ2n) is 28.7. The molecule has 94 heavy (non-hydrogen) atoms. The number of esters is 4. The Labute approximate surface area is 575 Å². The summed E-state index contributed by atoms with van der Waals surface area (Å²) in [7, 11) is -9.91. The van der Waals surface area contributed by atoms with Crippen LogP contribution in [0.1, 0.15) is 376 Å². The van der Waals surface area contributed by atoms with Gasteiger partial charge in [0.05, 0.1) is 26.4 Å². The lowest BCUT2D eigenvalue weighted by Crippen LogP contribution is -2.30. The number of rotatable bonds is 72. The van der Waals surface area contributed by atoms with Crippen LogP contribution in [0.4, 0.5) is 0 Å². The third-order valence-corrected chi connectivity index (χ3v) is 19.6. The van der Waals surface area contributed by atoms with Gasteiger partial charge >= 0.3 is 39.5 Å². The Kier molecular flexibility index (Phi) is 63.1. The van der Waals surface area contributed by atoms with E-state index in [0.717, 1.165) is 114 Å². The summed E-state index contributed by atoms with van der Waals surface area (Å²) in [4.78, 5) is 72.7. The van der Waals surface area contributed by atoms with Gasteiger partial charge in [-0.25, -0.2) is 9.13 Å². The third-order valence-electron chi connectivity index (χ3n) is 17.7. The molecule has 0 radical (unpaired) electrons. The average molecular weight is 1380 g/mol. The molecule has 0 saturated heterocycles. The highest BCUT2D eigenvalue weighted by molar-refractivity contribution is 7.47. The van der Waals surface area contributed by atoms with E-state index in [-0.39, 0.29) is 25.7 Å². The van der Waals surface area contributed by atoms with Crippen molar-refractivity contribution in [3.05, 3.63) is 0 Å². The van der Waals surface area contributed by atoms with E-state index in [2.05, 4.69) is 55.4 Å². The lowest BCUT2D eigenvalue weighted by atomic mass is 9.99. The van der Waals surface area contributed by atoms with Crippen molar-refractivity contribution in [3.8, 4) is 0 Å². The zero-order valence-corrected chi connectivity index (χ0v) is 63.4. The summed E-state index contributed by atoms with van der Waals surface area (Å²) >= 11 is 0. The van der Waals surface area contributed by atoms with Crippen LogP contribution in [0.15, 0.2) is 0 Å². The maximum Gasteiger partial charge on any atom is 0.472 e. The van der Waals surface area contributed by atoms with Crippen molar-refractivity contribution in [2.45, 2.75) is 395 Å². The van der Waals surface area contributed by atoms with Crippen LogP contribution >= 0.6 is 15.6 Å². The van der Waals surface area contributed by atoms with Gasteiger partial charge in [0.1, 0.15) is 19.3 Å². The van der Waals surface area contributed by atoms with Crippen LogP contribution < -0.4 is 0 Å². The lowest BCUT2D eigenvalue weighted by molar-refractivity contribution is -0.161. The van der Waals surface area contributed by atoms with Gasteiger partial charge in [0.2, 0.25) is 0 Å². The average Bonchev–Trinajstić information content (AvgIpc) is 1.44. The van der Waals surface area contributed by atoms with Crippen molar-refractivity contribution in [3.63, 3.8) is 0 Å². The second kappa shape index (κ2) is 64.4. The molecule has 19 heteroatoms. The molecule has 0 aromatic heterocycles. The summed E-state index contributed by atoms with van der Waals surface area (Å²) in [5.41, 5.74) is 0. The molecule has 4 unspecified atom stereocenters. The molecule has 0 spiro atoms. The van der Waals surface area contributed by atoms with Gasteiger partial charge in [0, 0.05) is 25.7 Å². The zero-order valence-electron chi connectivity index (χ0n) is 61.6. The van der Waals surface area contributed by atoms with Crippen molar-refractivity contribution in [2.75, 3.05) is 39.6 Å². The first-order valence-corrected chi connectivity index (χ1v) is 41.7. The van der Waals surface area contributed by atoms with Crippen LogP contribution in [0.2, 0.25) is 0 Å². The van der Waals surface area contributed by atoms with Gasteiger partial charge in [-0.05, 0) is 49.4 Å². The maximum absolute atomic E-state index is 13.1. The number of hydrogen-bond acceptors (Lipinski definition) is 15. The largest absolute Gasteiger partial charge is 0.472 e. The van der Waals surface area contributed by atoms with Crippen LogP contribution in [0.3, 0.4) is 0 Å². The van der Waals surface area contributed by atoms with E-state index >= 15 is 0 Å². The van der Waals surface area contributed by atoms with Gasteiger partial charge in [0.15, 0.2) is 12.2 Å². The van der Waals surface area contributed by atoms with Crippen LogP contribution in [0, 0.1) is 23.7 Å². The van der Waals surface area contributed by atoms with E-state index in [9.17, 15) is 43.2 Å². The lowest BCUT2D eigenvalue weighted by Gasteiger charge is -2.21. The number of aliphatic hydroxyl groups is 1. The minimum Gasteiger partial charge on any atom is -0.462 e. The minimum atomic E-state index is -4.96. The fraction of sp³-hybridized carbons (Fsp3) is 0.947. The van der Waals surface area contributed by atoms with E-state index in [1.807, 2.05) is 0 Å². The Bertz CT molecular complexity index is 1850. The summed E-state index contributed by atoms with van der Waals surface area (Å²) < 4.78 is 68.5. The van der Waals surface area contributed by atoms with Crippen LogP contribution in [-0.4, -0.2) is 96.7 Å². The van der Waals surface area contributed by atoms with Crippen molar-refractivity contribution in [1.29, 1.82) is 0 Å². The van der Waals surface area contributed by atoms with Crippen LogP contribution in [-0.2, 0) is 65.4 Å². The monoisotopic (exact) mass is 1380 g/mol. The normalized spacial score (nSPS) is 14.4. The Hall–Kier alpha value is -1.94. The SMILES string of the molecule is CCC(C)CCCCCCCCCCCCCCCCC(=O)O[C@H](COC(=O)CCCCCCCCCC(C)C)COP(=O)(O)OCC(O)COP(=O)(O)OC[C@@H](COC(=O)CCCCCCCCCCCCCCC(C)C)OC(=O)CCCCCCCCCCC(C)C. The highest BCUT2D eigenvalue weighted by atomic mass is 31.2. The molecule has 3 N–H and O–H groups in total. The quantitative estimate of drug-likeness (QED) is 0.0222. The number of hydrogen-bond donors (Lipinski definition) is 3. The third kappa shape index (κ3) is 67.3. The van der Waals surface area contributed by atoms with Gasteiger partial charge in [-0.1, -0.05) is 325 Å². The van der Waals surface area contributed by atoms with Gasteiger partial charge in [-0.15, -0.1) is 0 Å². The highest BCUT2D eigenvalue weighted by Gasteiger charge is 2.30. The first-order chi connectivity index (χ1) is 45.1. The van der Waals surface area contributed by atoms with Gasteiger partial charge in [-0.2, -0.15) is 0 Å². The van der Waals surface area contributed by atoms with Crippen LogP contribution in [0.5, 0.6) is 0 Å². The molecule has 0 rings (SSSR count). The summed E-state index contributed by atoms with van der Waals surface area (Å²) in [5, 5.41) is 10.6. The topological polar surface area (TPSA) is 237 Å². The summed E-state index contributed by atoms with van der Waals surface area (Å²) in [6.45, 7) is 14.2. The maximum atomic E-state index is 13.1. The number of phosphoric ester groups is 2. The zero-order chi connectivity index (χ0) is 69.6. The summed E-state index contributed by atoms with van der Waals surface area (Å²) in [6.07, 6.45) is 48.6. The summed E-state index contributed by atoms with van der Waals surface area (Å²) in [5.74, 6) is 0.927. The smallest absolute Gasteiger partial charge is 0.462 e. The first-order valence-electron chi connectivity index (χ1n) is 38.7. The standard InChI is InChI=1S/C75H146O17P2/c1-9-68(8)54-46-38-30-21-17-12-10-11-13-19-23-32-41-49-57-74(79)91-71(62-86-73(78)56-48-40-34-26-29-37-45-53-67(6)7)64-90-94(83,84)88-60-69(76)59-87-93(81,82)89-63-70(92-75(80)58-50-42-33-25-24-28-36-44-52-66(4)5)61-85-72(77)55-47-39-31-22-18-15-14-16-20-27-35-43-51-65(2)3/h65-71,76H,9-64H2,1-8H3,(H,81,82)(H,83,84)/t68?,69?,70-,71-/m1/s1. The van der Waals surface area contributed by atoms with E-state index in [1.54, 1.807) is 0 Å². The molecular weight excluding hydrogens is 1230 g/mol. The Morgan fingerprint density at radius 3 is 0.755 bits per heavy atom. The van der Waals surface area contributed by atoms with E-state index in [4.69, 9.17) is 37.0 Å². The Balaban J connectivity index is 5.22. The molecule has 0 aromatic rings. The molecule has 0 fully saturated rings.